The number of imidazole rings is 1. The minimum atomic E-state index is -0.572. The lowest BCUT2D eigenvalue weighted by Crippen LogP contribution is -2.28. The van der Waals surface area contributed by atoms with Gasteiger partial charge < -0.3 is 23.6 Å². The molecule has 0 bridgehead atoms. The molecule has 0 spiro atoms. The maximum absolute atomic E-state index is 11.6. The van der Waals surface area contributed by atoms with E-state index in [1.54, 1.807) is 18.6 Å². The van der Waals surface area contributed by atoms with E-state index in [9.17, 15) is 4.79 Å². The second-order valence-corrected chi connectivity index (χ2v) is 4.51. The van der Waals surface area contributed by atoms with Gasteiger partial charge in [-0.2, -0.15) is 0 Å². The standard InChI is InChI=1S/C14H14N4O4/c19-14(16-3-1-5-18-6-4-15-10-18)21-13-8-12(22-17-13)11-2-7-20-9-11/h2,4,6-10H,1,3,5H2,(H,16,19). The normalized spacial score (nSPS) is 10.5. The Bertz CT molecular complexity index is 703. The molecule has 3 heterocycles. The highest BCUT2D eigenvalue weighted by atomic mass is 16.6. The molecule has 0 aromatic carbocycles. The van der Waals surface area contributed by atoms with Crippen molar-refractivity contribution in [3.8, 4) is 17.2 Å². The van der Waals surface area contributed by atoms with Crippen LogP contribution in [0.5, 0.6) is 5.88 Å². The quantitative estimate of drug-likeness (QED) is 0.702. The van der Waals surface area contributed by atoms with Crippen LogP contribution in [0, 0.1) is 0 Å². The number of carbonyl (C=O) groups is 1. The summed E-state index contributed by atoms with van der Waals surface area (Å²) in [5, 5.41) is 6.31. The molecule has 22 heavy (non-hydrogen) atoms. The first kappa shape index (κ1) is 13.9. The number of ether oxygens (including phenoxy) is 1. The number of aromatic nitrogens is 3. The van der Waals surface area contributed by atoms with Gasteiger partial charge in [0.1, 0.15) is 6.26 Å². The molecular formula is C14H14N4O4. The number of nitrogens with one attached hydrogen (secondary N) is 1. The molecule has 0 aliphatic carbocycles. The number of rotatable bonds is 6. The molecule has 0 fully saturated rings. The molecule has 0 radical (unpaired) electrons. The van der Waals surface area contributed by atoms with Crippen LogP contribution in [-0.4, -0.2) is 27.3 Å². The summed E-state index contributed by atoms with van der Waals surface area (Å²) in [6.07, 6.45) is 8.54. The van der Waals surface area contributed by atoms with Crippen LogP contribution in [0.25, 0.3) is 11.3 Å². The average molecular weight is 302 g/mol. The fourth-order valence-electron chi connectivity index (χ4n) is 1.85. The lowest BCUT2D eigenvalue weighted by atomic mass is 10.3. The second kappa shape index (κ2) is 6.61. The SMILES string of the molecule is O=C(NCCCn1ccnc1)Oc1cc(-c2ccoc2)on1. The van der Waals surface area contributed by atoms with Crippen molar-refractivity contribution in [2.45, 2.75) is 13.0 Å². The second-order valence-electron chi connectivity index (χ2n) is 4.51. The smallest absolute Gasteiger partial charge is 0.414 e. The monoisotopic (exact) mass is 302 g/mol. The number of amides is 1. The third-order valence-corrected chi connectivity index (χ3v) is 2.91. The van der Waals surface area contributed by atoms with Crippen LogP contribution in [0.2, 0.25) is 0 Å². The lowest BCUT2D eigenvalue weighted by molar-refractivity contribution is 0.195. The first-order valence-electron chi connectivity index (χ1n) is 6.72. The van der Waals surface area contributed by atoms with Crippen LogP contribution < -0.4 is 10.1 Å². The number of hydrogen-bond acceptors (Lipinski definition) is 6. The summed E-state index contributed by atoms with van der Waals surface area (Å²) in [4.78, 5) is 15.6. The van der Waals surface area contributed by atoms with Crippen molar-refractivity contribution in [1.82, 2.24) is 20.0 Å². The predicted octanol–water partition coefficient (Wildman–Crippen LogP) is 2.31. The predicted molar refractivity (Wildman–Crippen MR) is 75.1 cm³/mol. The van der Waals surface area contributed by atoms with Crippen molar-refractivity contribution in [2.75, 3.05) is 6.54 Å². The van der Waals surface area contributed by atoms with Gasteiger partial charge in [0.25, 0.3) is 5.88 Å². The summed E-state index contributed by atoms with van der Waals surface area (Å²) >= 11 is 0. The third-order valence-electron chi connectivity index (χ3n) is 2.91. The minimum absolute atomic E-state index is 0.100. The van der Waals surface area contributed by atoms with E-state index in [2.05, 4.69) is 15.5 Å². The number of carbonyl (C=O) groups excluding carboxylic acids is 1. The highest BCUT2D eigenvalue weighted by Gasteiger charge is 2.11. The van der Waals surface area contributed by atoms with Crippen molar-refractivity contribution in [3.05, 3.63) is 43.4 Å². The van der Waals surface area contributed by atoms with E-state index < -0.39 is 6.09 Å². The van der Waals surface area contributed by atoms with Gasteiger partial charge in [0.2, 0.25) is 0 Å². The van der Waals surface area contributed by atoms with E-state index in [0.29, 0.717) is 12.3 Å². The molecule has 0 atom stereocenters. The molecular weight excluding hydrogens is 288 g/mol. The van der Waals surface area contributed by atoms with Crippen molar-refractivity contribution in [1.29, 1.82) is 0 Å². The zero-order valence-corrected chi connectivity index (χ0v) is 11.6. The molecule has 114 valence electrons. The number of aryl methyl sites for hydroxylation is 1. The summed E-state index contributed by atoms with van der Waals surface area (Å²) in [6.45, 7) is 1.26. The Morgan fingerprint density at radius 3 is 3.18 bits per heavy atom. The highest BCUT2D eigenvalue weighted by Crippen LogP contribution is 2.23. The Labute approximate surface area is 125 Å². The molecule has 1 amide bonds. The first-order chi connectivity index (χ1) is 10.8. The zero-order chi connectivity index (χ0) is 15.2. The summed E-state index contributed by atoms with van der Waals surface area (Å²) < 4.78 is 17.0. The minimum Gasteiger partial charge on any atom is -0.472 e. The molecule has 1 N–H and O–H groups in total. The van der Waals surface area contributed by atoms with Crippen molar-refractivity contribution in [2.24, 2.45) is 0 Å². The van der Waals surface area contributed by atoms with Gasteiger partial charge in [-0.05, 0) is 17.6 Å². The molecule has 3 rings (SSSR count). The fourth-order valence-corrected chi connectivity index (χ4v) is 1.85. The summed E-state index contributed by atoms with van der Waals surface area (Å²) in [7, 11) is 0. The Morgan fingerprint density at radius 1 is 1.45 bits per heavy atom. The lowest BCUT2D eigenvalue weighted by Gasteiger charge is -2.04. The van der Waals surface area contributed by atoms with Gasteiger partial charge in [-0.15, -0.1) is 0 Å². The molecule has 0 saturated heterocycles. The van der Waals surface area contributed by atoms with Crippen LogP contribution in [0.1, 0.15) is 6.42 Å². The molecule has 0 saturated carbocycles. The molecule has 0 aliphatic rings. The van der Waals surface area contributed by atoms with Crippen molar-refractivity contribution < 1.29 is 18.5 Å². The summed E-state index contributed by atoms with van der Waals surface area (Å²) in [5.41, 5.74) is 0.725. The van der Waals surface area contributed by atoms with Crippen molar-refractivity contribution >= 4 is 6.09 Å². The maximum atomic E-state index is 11.6. The topological polar surface area (TPSA) is 95.3 Å². The Kier molecular flexibility index (Phi) is 4.19. The Balaban J connectivity index is 1.42. The van der Waals surface area contributed by atoms with Crippen LogP contribution >= 0.6 is 0 Å². The molecule has 0 unspecified atom stereocenters. The molecule has 3 aromatic heterocycles. The van der Waals surface area contributed by atoms with Crippen LogP contribution in [0.4, 0.5) is 4.79 Å². The largest absolute Gasteiger partial charge is 0.472 e. The van der Waals surface area contributed by atoms with E-state index in [1.807, 2.05) is 10.8 Å². The van der Waals surface area contributed by atoms with Gasteiger partial charge in [0.15, 0.2) is 5.76 Å². The van der Waals surface area contributed by atoms with E-state index in [1.165, 1.54) is 18.6 Å². The molecule has 8 nitrogen and oxygen atoms in total. The maximum Gasteiger partial charge on any atom is 0.414 e. The van der Waals surface area contributed by atoms with Gasteiger partial charge in [-0.1, -0.05) is 0 Å². The highest BCUT2D eigenvalue weighted by molar-refractivity contribution is 5.70. The Morgan fingerprint density at radius 2 is 2.41 bits per heavy atom. The van der Waals surface area contributed by atoms with Crippen LogP contribution in [0.15, 0.2) is 52.3 Å². The van der Waals surface area contributed by atoms with E-state index in [4.69, 9.17) is 13.7 Å². The average Bonchev–Trinajstić information content (AvgIpc) is 3.24. The molecule has 3 aromatic rings. The van der Waals surface area contributed by atoms with E-state index in [0.717, 1.165) is 18.5 Å². The van der Waals surface area contributed by atoms with Gasteiger partial charge in [-0.25, -0.2) is 9.78 Å². The zero-order valence-electron chi connectivity index (χ0n) is 11.6. The van der Waals surface area contributed by atoms with Gasteiger partial charge >= 0.3 is 6.09 Å². The summed E-state index contributed by atoms with van der Waals surface area (Å²) in [6, 6.07) is 3.25. The van der Waals surface area contributed by atoms with Gasteiger partial charge in [-0.3, -0.25) is 0 Å². The molecule has 0 aliphatic heterocycles. The third kappa shape index (κ3) is 3.54. The van der Waals surface area contributed by atoms with Gasteiger partial charge in [0, 0.05) is 25.5 Å². The van der Waals surface area contributed by atoms with E-state index in [-0.39, 0.29) is 5.88 Å². The number of furan rings is 1. The first-order valence-corrected chi connectivity index (χ1v) is 6.72. The molecule has 8 heteroatoms. The number of hydrogen-bond donors (Lipinski definition) is 1. The van der Waals surface area contributed by atoms with E-state index >= 15 is 0 Å². The van der Waals surface area contributed by atoms with Crippen molar-refractivity contribution in [3.63, 3.8) is 0 Å². The fraction of sp³-hybridized carbons (Fsp3) is 0.214. The Hall–Kier alpha value is -3.03. The van der Waals surface area contributed by atoms with Crippen LogP contribution in [-0.2, 0) is 6.54 Å². The number of nitrogens with zero attached hydrogens (tertiary/aromatic N) is 3. The van der Waals surface area contributed by atoms with Gasteiger partial charge in [0.05, 0.1) is 24.2 Å². The van der Waals surface area contributed by atoms with Crippen LogP contribution in [0.3, 0.4) is 0 Å². The summed E-state index contributed by atoms with van der Waals surface area (Å²) in [5.74, 6) is 0.569.